The predicted octanol–water partition coefficient (Wildman–Crippen LogP) is 5.17. The summed E-state index contributed by atoms with van der Waals surface area (Å²) in [7, 11) is 0. The van der Waals surface area contributed by atoms with Gasteiger partial charge in [-0.1, -0.05) is 83.3 Å². The second-order valence-corrected chi connectivity index (χ2v) is 6.52. The molecule has 0 N–H and O–H groups in total. The first-order valence-corrected chi connectivity index (χ1v) is 6.47. The molecule has 1 aliphatic rings. The molecular formula is C14H9Cl3. The third kappa shape index (κ3) is 1.76. The Bertz CT molecular complexity index is 524. The first-order valence-electron chi connectivity index (χ1n) is 5.34. The van der Waals surface area contributed by atoms with E-state index in [1.54, 1.807) is 0 Å². The van der Waals surface area contributed by atoms with Gasteiger partial charge >= 0.3 is 0 Å². The van der Waals surface area contributed by atoms with Crippen molar-refractivity contribution in [1.82, 2.24) is 0 Å². The lowest BCUT2D eigenvalue weighted by atomic mass is 9.99. The first kappa shape index (κ1) is 11.4. The van der Waals surface area contributed by atoms with Crippen LogP contribution >= 0.6 is 34.8 Å². The first-order chi connectivity index (χ1) is 8.09. The van der Waals surface area contributed by atoms with Gasteiger partial charge in [-0.3, -0.25) is 0 Å². The highest BCUT2D eigenvalue weighted by Gasteiger charge is 2.41. The highest BCUT2D eigenvalue weighted by molar-refractivity contribution is 6.68. The second-order valence-electron chi connectivity index (χ2n) is 4.15. The maximum absolute atomic E-state index is 6.13. The van der Waals surface area contributed by atoms with Crippen LogP contribution in [-0.2, 0) is 0 Å². The summed E-state index contributed by atoms with van der Waals surface area (Å²) in [5.41, 5.74) is 4.52. The fourth-order valence-corrected chi connectivity index (χ4v) is 3.21. The average molecular weight is 284 g/mol. The van der Waals surface area contributed by atoms with Gasteiger partial charge in [0.1, 0.15) is 0 Å². The fraction of sp³-hybridized carbons (Fsp3) is 0.143. The third-order valence-corrected chi connectivity index (χ3v) is 3.82. The van der Waals surface area contributed by atoms with Crippen molar-refractivity contribution in [2.45, 2.75) is 9.71 Å². The van der Waals surface area contributed by atoms with E-state index in [9.17, 15) is 0 Å². The zero-order valence-corrected chi connectivity index (χ0v) is 11.1. The maximum Gasteiger partial charge on any atom is 0.201 e. The quantitative estimate of drug-likeness (QED) is 0.585. The molecule has 0 radical (unpaired) electrons. The molecular weight excluding hydrogens is 275 g/mol. The highest BCUT2D eigenvalue weighted by atomic mass is 35.6. The van der Waals surface area contributed by atoms with E-state index in [0.29, 0.717) is 0 Å². The van der Waals surface area contributed by atoms with Gasteiger partial charge in [0.2, 0.25) is 3.79 Å². The van der Waals surface area contributed by atoms with Crippen molar-refractivity contribution in [2.24, 2.45) is 0 Å². The van der Waals surface area contributed by atoms with Gasteiger partial charge in [0, 0.05) is 0 Å². The molecule has 0 saturated carbocycles. The molecule has 0 bridgehead atoms. The monoisotopic (exact) mass is 282 g/mol. The van der Waals surface area contributed by atoms with Crippen LogP contribution in [0.25, 0.3) is 11.1 Å². The zero-order valence-electron chi connectivity index (χ0n) is 8.83. The van der Waals surface area contributed by atoms with Crippen molar-refractivity contribution in [3.63, 3.8) is 0 Å². The van der Waals surface area contributed by atoms with E-state index >= 15 is 0 Å². The van der Waals surface area contributed by atoms with Gasteiger partial charge in [-0.25, -0.2) is 0 Å². The summed E-state index contributed by atoms with van der Waals surface area (Å²) < 4.78 is -1.32. The normalized spacial score (nSPS) is 14.5. The van der Waals surface area contributed by atoms with Crippen LogP contribution in [0.4, 0.5) is 0 Å². The molecule has 3 rings (SSSR count). The lowest BCUT2D eigenvalue weighted by Gasteiger charge is -2.21. The SMILES string of the molecule is ClC(Cl)(Cl)C1c2ccccc2-c2ccccc21. The van der Waals surface area contributed by atoms with Crippen LogP contribution in [0.5, 0.6) is 0 Å². The van der Waals surface area contributed by atoms with E-state index in [1.807, 2.05) is 36.4 Å². The van der Waals surface area contributed by atoms with Gasteiger partial charge in [-0.15, -0.1) is 0 Å². The number of halogens is 3. The number of alkyl halides is 3. The molecule has 0 aliphatic heterocycles. The summed E-state index contributed by atoms with van der Waals surface area (Å²) in [4.78, 5) is 0. The van der Waals surface area contributed by atoms with Crippen LogP contribution in [0.2, 0.25) is 0 Å². The Hall–Kier alpha value is -0.690. The number of rotatable bonds is 0. The fourth-order valence-electron chi connectivity index (χ4n) is 2.51. The summed E-state index contributed by atoms with van der Waals surface area (Å²) in [6.07, 6.45) is 0. The molecule has 2 aromatic rings. The van der Waals surface area contributed by atoms with Gasteiger partial charge in [-0.05, 0) is 22.3 Å². The van der Waals surface area contributed by atoms with Crippen molar-refractivity contribution < 1.29 is 0 Å². The molecule has 0 nitrogen and oxygen atoms in total. The second kappa shape index (κ2) is 3.91. The van der Waals surface area contributed by atoms with Gasteiger partial charge < -0.3 is 0 Å². The smallest absolute Gasteiger partial charge is 0.0826 e. The lowest BCUT2D eigenvalue weighted by molar-refractivity contribution is 0.865. The van der Waals surface area contributed by atoms with Crippen molar-refractivity contribution in [3.8, 4) is 11.1 Å². The summed E-state index contributed by atoms with van der Waals surface area (Å²) in [5.74, 6) is -0.181. The Morgan fingerprint density at radius 3 is 1.53 bits per heavy atom. The van der Waals surface area contributed by atoms with Gasteiger partial charge in [0.15, 0.2) is 0 Å². The molecule has 86 valence electrons. The van der Waals surface area contributed by atoms with E-state index in [4.69, 9.17) is 34.8 Å². The topological polar surface area (TPSA) is 0 Å². The van der Waals surface area contributed by atoms with Gasteiger partial charge in [0.25, 0.3) is 0 Å². The van der Waals surface area contributed by atoms with Crippen LogP contribution in [0, 0.1) is 0 Å². The zero-order chi connectivity index (χ0) is 12.0. The standard InChI is InChI=1S/C14H9Cl3/c15-14(16,17)13-11-7-3-1-5-9(11)10-6-2-4-8-12(10)13/h1-8,13H. The minimum Gasteiger partial charge on any atom is -0.0826 e. The third-order valence-electron chi connectivity index (χ3n) is 3.16. The molecule has 0 amide bonds. The molecule has 0 saturated heterocycles. The molecule has 0 spiro atoms. The van der Waals surface area contributed by atoms with E-state index in [-0.39, 0.29) is 5.92 Å². The molecule has 17 heavy (non-hydrogen) atoms. The van der Waals surface area contributed by atoms with Crippen molar-refractivity contribution in [1.29, 1.82) is 0 Å². The van der Waals surface area contributed by atoms with Crippen LogP contribution in [0.3, 0.4) is 0 Å². The minimum atomic E-state index is -1.32. The van der Waals surface area contributed by atoms with Gasteiger partial charge in [-0.2, -0.15) is 0 Å². The molecule has 3 heteroatoms. The van der Waals surface area contributed by atoms with Crippen molar-refractivity contribution >= 4 is 34.8 Å². The van der Waals surface area contributed by atoms with Gasteiger partial charge in [0.05, 0.1) is 5.92 Å². The van der Waals surface area contributed by atoms with E-state index in [1.165, 1.54) is 11.1 Å². The van der Waals surface area contributed by atoms with Crippen LogP contribution in [0.15, 0.2) is 48.5 Å². The number of fused-ring (bicyclic) bond motifs is 3. The summed E-state index contributed by atoms with van der Waals surface area (Å²) in [6, 6.07) is 16.2. The lowest BCUT2D eigenvalue weighted by Crippen LogP contribution is -2.15. The van der Waals surface area contributed by atoms with Crippen LogP contribution in [-0.4, -0.2) is 3.79 Å². The van der Waals surface area contributed by atoms with Crippen molar-refractivity contribution in [3.05, 3.63) is 59.7 Å². The summed E-state index contributed by atoms with van der Waals surface area (Å²) in [6.45, 7) is 0. The number of benzene rings is 2. The Kier molecular flexibility index (Phi) is 2.62. The number of hydrogen-bond donors (Lipinski definition) is 0. The largest absolute Gasteiger partial charge is 0.201 e. The molecule has 0 fully saturated rings. The van der Waals surface area contributed by atoms with E-state index < -0.39 is 3.79 Å². The average Bonchev–Trinajstić information content (AvgIpc) is 2.63. The van der Waals surface area contributed by atoms with Crippen LogP contribution < -0.4 is 0 Å². The van der Waals surface area contributed by atoms with E-state index in [0.717, 1.165) is 11.1 Å². The molecule has 0 heterocycles. The Balaban J connectivity index is 2.31. The highest BCUT2D eigenvalue weighted by Crippen LogP contribution is 2.54. The molecule has 0 atom stereocenters. The molecule has 0 aromatic heterocycles. The minimum absolute atomic E-state index is 0.181. The Morgan fingerprint density at radius 1 is 0.706 bits per heavy atom. The Labute approximate surface area is 115 Å². The number of hydrogen-bond acceptors (Lipinski definition) is 0. The molecule has 0 unspecified atom stereocenters. The Morgan fingerprint density at radius 2 is 1.12 bits per heavy atom. The molecule has 2 aromatic carbocycles. The summed E-state index contributed by atoms with van der Waals surface area (Å²) in [5, 5.41) is 0. The van der Waals surface area contributed by atoms with Crippen molar-refractivity contribution in [2.75, 3.05) is 0 Å². The van der Waals surface area contributed by atoms with Crippen LogP contribution in [0.1, 0.15) is 17.0 Å². The molecule has 1 aliphatic carbocycles. The predicted molar refractivity (Wildman–Crippen MR) is 74.0 cm³/mol. The summed E-state index contributed by atoms with van der Waals surface area (Å²) >= 11 is 18.4. The maximum atomic E-state index is 6.13. The van der Waals surface area contributed by atoms with E-state index in [2.05, 4.69) is 12.1 Å².